The van der Waals surface area contributed by atoms with E-state index in [2.05, 4.69) is 10.1 Å². The highest BCUT2D eigenvalue weighted by Gasteiger charge is 2.35. The molecule has 2 aromatic heterocycles. The third-order valence-electron chi connectivity index (χ3n) is 2.00. The maximum absolute atomic E-state index is 12.6. The Balaban J connectivity index is 0.000000686. The summed E-state index contributed by atoms with van der Waals surface area (Å²) in [5.74, 6) is 0. The van der Waals surface area contributed by atoms with Crippen LogP contribution in [0.3, 0.4) is 0 Å². The third kappa shape index (κ3) is 2.52. The van der Waals surface area contributed by atoms with E-state index in [-0.39, 0.29) is 16.4 Å². The van der Waals surface area contributed by atoms with Gasteiger partial charge in [0.15, 0.2) is 0 Å². The Bertz CT molecular complexity index is 519. The number of aryl methyl sites for hydroxylation is 1. The summed E-state index contributed by atoms with van der Waals surface area (Å²) in [4.78, 5) is 3.70. The molecule has 0 atom stereocenters. The number of nitrogens with zero attached hydrogens (tertiary/aromatic N) is 3. The summed E-state index contributed by atoms with van der Waals surface area (Å²) in [6, 6.07) is 0.846. The van der Waals surface area contributed by atoms with Crippen LogP contribution in [-0.2, 0) is 6.18 Å². The normalized spacial score (nSPS) is 11.2. The highest BCUT2D eigenvalue weighted by molar-refractivity contribution is 6.30. The fraction of sp³-hybridized carbons (Fsp3) is 0.400. The standard InChI is InChI=1S/C8H5ClF3N3.C2H6/c1-4-7-5(8(10,11)12)2-6(9)15(7)14-3-13-4;1-2/h2-3H,1H3;1-2H3. The maximum Gasteiger partial charge on any atom is 0.418 e. The van der Waals surface area contributed by atoms with Crippen LogP contribution in [0.5, 0.6) is 0 Å². The number of hydrogen-bond donors (Lipinski definition) is 0. The smallest absolute Gasteiger partial charge is 0.238 e. The minimum atomic E-state index is -4.45. The van der Waals surface area contributed by atoms with Crippen LogP contribution in [0, 0.1) is 6.92 Å². The molecule has 0 unspecified atom stereocenters. The number of fused-ring (bicyclic) bond motifs is 1. The molecule has 0 saturated carbocycles. The van der Waals surface area contributed by atoms with Gasteiger partial charge in [-0.15, -0.1) is 0 Å². The number of hydrogen-bond acceptors (Lipinski definition) is 2. The summed E-state index contributed by atoms with van der Waals surface area (Å²) in [5, 5.41) is 3.57. The Morgan fingerprint density at radius 1 is 1.29 bits per heavy atom. The molecule has 2 rings (SSSR count). The molecule has 0 aliphatic heterocycles. The van der Waals surface area contributed by atoms with Gasteiger partial charge in [0.2, 0.25) is 0 Å². The predicted octanol–water partition coefficient (Wildman–Crippen LogP) is 3.74. The molecule has 0 fully saturated rings. The zero-order chi connectivity index (χ0) is 13.2. The van der Waals surface area contributed by atoms with Gasteiger partial charge in [0, 0.05) is 0 Å². The van der Waals surface area contributed by atoms with Gasteiger partial charge in [0.05, 0.1) is 16.8 Å². The summed E-state index contributed by atoms with van der Waals surface area (Å²) < 4.78 is 38.8. The van der Waals surface area contributed by atoms with Gasteiger partial charge in [0.1, 0.15) is 11.5 Å². The minimum Gasteiger partial charge on any atom is -0.238 e. The van der Waals surface area contributed by atoms with E-state index >= 15 is 0 Å². The second kappa shape index (κ2) is 4.91. The molecule has 17 heavy (non-hydrogen) atoms. The summed E-state index contributed by atoms with van der Waals surface area (Å²) in [6.07, 6.45) is -3.29. The van der Waals surface area contributed by atoms with Crippen molar-refractivity contribution in [2.24, 2.45) is 0 Å². The molecule has 3 nitrogen and oxygen atoms in total. The molecule has 0 aromatic carbocycles. The highest BCUT2D eigenvalue weighted by atomic mass is 35.5. The first-order chi connectivity index (χ1) is 7.91. The molecule has 0 aliphatic carbocycles. The summed E-state index contributed by atoms with van der Waals surface area (Å²) in [6.45, 7) is 5.47. The van der Waals surface area contributed by atoms with Crippen LogP contribution in [0.1, 0.15) is 25.1 Å². The average Bonchev–Trinajstić information content (AvgIpc) is 2.61. The molecule has 0 amide bonds. The quantitative estimate of drug-likeness (QED) is 0.726. The minimum absolute atomic E-state index is 0.0807. The molecule has 0 aliphatic rings. The highest BCUT2D eigenvalue weighted by Crippen LogP contribution is 2.36. The van der Waals surface area contributed by atoms with E-state index in [1.807, 2.05) is 13.8 Å². The topological polar surface area (TPSA) is 30.2 Å². The van der Waals surface area contributed by atoms with E-state index in [4.69, 9.17) is 11.6 Å². The van der Waals surface area contributed by atoms with Gasteiger partial charge in [-0.05, 0) is 13.0 Å². The largest absolute Gasteiger partial charge is 0.418 e. The van der Waals surface area contributed by atoms with Crippen molar-refractivity contribution in [2.45, 2.75) is 26.9 Å². The van der Waals surface area contributed by atoms with Gasteiger partial charge in [0.25, 0.3) is 0 Å². The van der Waals surface area contributed by atoms with E-state index < -0.39 is 11.7 Å². The van der Waals surface area contributed by atoms with Gasteiger partial charge in [-0.1, -0.05) is 25.4 Å². The molecular weight excluding hydrogens is 255 g/mol. The van der Waals surface area contributed by atoms with Crippen molar-refractivity contribution in [1.29, 1.82) is 0 Å². The van der Waals surface area contributed by atoms with Crippen LogP contribution >= 0.6 is 11.6 Å². The number of aromatic nitrogens is 3. The first-order valence-electron chi connectivity index (χ1n) is 4.97. The predicted molar refractivity (Wildman–Crippen MR) is 59.1 cm³/mol. The SMILES string of the molecule is CC.Cc1ncnn2c(Cl)cc(C(F)(F)F)c12. The second-order valence-corrected chi connectivity index (χ2v) is 3.37. The van der Waals surface area contributed by atoms with Crippen molar-refractivity contribution in [3.63, 3.8) is 0 Å². The van der Waals surface area contributed by atoms with Crippen LogP contribution in [0.15, 0.2) is 12.4 Å². The van der Waals surface area contributed by atoms with Crippen LogP contribution in [0.4, 0.5) is 13.2 Å². The molecule has 0 saturated heterocycles. The van der Waals surface area contributed by atoms with Crippen molar-refractivity contribution in [3.05, 3.63) is 28.8 Å². The lowest BCUT2D eigenvalue weighted by Gasteiger charge is -2.05. The molecule has 2 heterocycles. The first kappa shape index (κ1) is 13.8. The van der Waals surface area contributed by atoms with Gasteiger partial charge in [-0.25, -0.2) is 9.50 Å². The number of halogens is 4. The molecule has 2 aromatic rings. The van der Waals surface area contributed by atoms with Crippen molar-refractivity contribution in [3.8, 4) is 0 Å². The zero-order valence-corrected chi connectivity index (χ0v) is 10.3. The molecule has 0 bridgehead atoms. The Labute approximate surface area is 101 Å². The fourth-order valence-electron chi connectivity index (χ4n) is 1.37. The monoisotopic (exact) mass is 265 g/mol. The van der Waals surface area contributed by atoms with E-state index in [1.54, 1.807) is 0 Å². The van der Waals surface area contributed by atoms with Crippen molar-refractivity contribution in [2.75, 3.05) is 0 Å². The van der Waals surface area contributed by atoms with Crippen molar-refractivity contribution >= 4 is 17.1 Å². The van der Waals surface area contributed by atoms with E-state index in [0.717, 1.165) is 16.9 Å². The van der Waals surface area contributed by atoms with Crippen LogP contribution in [-0.4, -0.2) is 14.6 Å². The van der Waals surface area contributed by atoms with E-state index in [9.17, 15) is 13.2 Å². The molecule has 0 radical (unpaired) electrons. The summed E-state index contributed by atoms with van der Waals surface area (Å²) in [5.41, 5.74) is -0.676. The molecule has 94 valence electrons. The lowest BCUT2D eigenvalue weighted by molar-refractivity contribution is -0.136. The summed E-state index contributed by atoms with van der Waals surface area (Å²) >= 11 is 5.63. The molecule has 0 spiro atoms. The lowest BCUT2D eigenvalue weighted by Crippen LogP contribution is -2.06. The maximum atomic E-state index is 12.6. The van der Waals surface area contributed by atoms with Gasteiger partial charge in [-0.2, -0.15) is 18.3 Å². The van der Waals surface area contributed by atoms with E-state index in [0.29, 0.717) is 0 Å². The fourth-order valence-corrected chi connectivity index (χ4v) is 1.61. The van der Waals surface area contributed by atoms with Crippen molar-refractivity contribution < 1.29 is 13.2 Å². The Morgan fingerprint density at radius 3 is 2.41 bits per heavy atom. The molecule has 7 heteroatoms. The van der Waals surface area contributed by atoms with Gasteiger partial charge in [-0.3, -0.25) is 0 Å². The lowest BCUT2D eigenvalue weighted by atomic mass is 10.2. The van der Waals surface area contributed by atoms with Crippen LogP contribution in [0.25, 0.3) is 5.52 Å². The van der Waals surface area contributed by atoms with Gasteiger partial charge >= 0.3 is 6.18 Å². The van der Waals surface area contributed by atoms with Crippen LogP contribution < -0.4 is 0 Å². The number of alkyl halides is 3. The van der Waals surface area contributed by atoms with Gasteiger partial charge < -0.3 is 0 Å². The summed E-state index contributed by atoms with van der Waals surface area (Å²) in [7, 11) is 0. The number of rotatable bonds is 0. The van der Waals surface area contributed by atoms with Crippen LogP contribution in [0.2, 0.25) is 5.15 Å². The van der Waals surface area contributed by atoms with Crippen molar-refractivity contribution in [1.82, 2.24) is 14.6 Å². The first-order valence-corrected chi connectivity index (χ1v) is 5.35. The second-order valence-electron chi connectivity index (χ2n) is 2.98. The van der Waals surface area contributed by atoms with E-state index in [1.165, 1.54) is 6.92 Å². The molecule has 0 N–H and O–H groups in total. The third-order valence-corrected chi connectivity index (χ3v) is 2.27. The molecular formula is C10H11ClF3N3. The Hall–Kier alpha value is -1.30. The Kier molecular flexibility index (Phi) is 3.98. The Morgan fingerprint density at radius 2 is 1.88 bits per heavy atom. The average molecular weight is 266 g/mol. The zero-order valence-electron chi connectivity index (χ0n) is 9.51.